The largest absolute Gasteiger partial charge is 0.537 e. The highest BCUT2D eigenvalue weighted by molar-refractivity contribution is 6.75. The van der Waals surface area contributed by atoms with Crippen molar-refractivity contribution >= 4 is 14.0 Å². The van der Waals surface area contributed by atoms with Gasteiger partial charge in [-0.05, 0) is 19.3 Å². The molecule has 25 heavy (non-hydrogen) atoms. The minimum Gasteiger partial charge on any atom is -0.385 e. The maximum atomic E-state index is 6.21. The van der Waals surface area contributed by atoms with Gasteiger partial charge in [0, 0.05) is 66.2 Å². The van der Waals surface area contributed by atoms with Gasteiger partial charge >= 0.3 is 8.80 Å². The Kier molecular flexibility index (Phi) is 12.8. The smallest absolute Gasteiger partial charge is 0.385 e. The number of benzene rings is 1. The van der Waals surface area contributed by atoms with E-state index in [9.17, 15) is 0 Å². The van der Waals surface area contributed by atoms with Gasteiger partial charge in [0.2, 0.25) is 0 Å². The van der Waals surface area contributed by atoms with Crippen molar-refractivity contribution in [1.82, 2.24) is 0 Å². The average molecular weight is 373 g/mol. The van der Waals surface area contributed by atoms with Gasteiger partial charge in [-0.15, -0.1) is 0 Å². The van der Waals surface area contributed by atoms with E-state index in [4.69, 9.17) is 27.5 Å². The molecular weight excluding hydrogens is 340 g/mol. The Bertz CT molecular complexity index is 386. The summed E-state index contributed by atoms with van der Waals surface area (Å²) in [6.45, 7) is 3.53. The Morgan fingerprint density at radius 3 is 1.36 bits per heavy atom. The van der Waals surface area contributed by atoms with Gasteiger partial charge < -0.3 is 27.5 Å². The first-order valence-electron chi connectivity index (χ1n) is 8.73. The minimum atomic E-state index is -2.99. The third-order valence-electron chi connectivity index (χ3n) is 3.48. The Morgan fingerprint density at radius 1 is 0.600 bits per heavy atom. The zero-order valence-corrected chi connectivity index (χ0v) is 16.7. The fourth-order valence-corrected chi connectivity index (χ4v) is 4.84. The third-order valence-corrected chi connectivity index (χ3v) is 6.27. The summed E-state index contributed by atoms with van der Waals surface area (Å²) in [7, 11) is 2.07. The fourth-order valence-electron chi connectivity index (χ4n) is 2.25. The first-order chi connectivity index (χ1) is 12.3. The molecule has 1 rings (SSSR count). The van der Waals surface area contributed by atoms with Crippen molar-refractivity contribution in [1.29, 1.82) is 0 Å². The van der Waals surface area contributed by atoms with Gasteiger partial charge in [-0.25, -0.2) is 0 Å². The number of rotatable bonds is 16. The second-order valence-corrected chi connectivity index (χ2v) is 8.06. The van der Waals surface area contributed by atoms with Crippen LogP contribution in [0.3, 0.4) is 0 Å². The molecule has 0 aliphatic carbocycles. The molecule has 144 valence electrons. The average Bonchev–Trinajstić information content (AvgIpc) is 2.66. The summed E-state index contributed by atoms with van der Waals surface area (Å²) in [6, 6.07) is 9.95. The summed E-state index contributed by atoms with van der Waals surface area (Å²) in [4.78, 5) is 0. The Balaban J connectivity index is 2.82. The van der Waals surface area contributed by atoms with Gasteiger partial charge in [0.05, 0.1) is 0 Å². The van der Waals surface area contributed by atoms with Crippen LogP contribution in [-0.2, 0) is 27.5 Å². The topological polar surface area (TPSA) is 55.4 Å². The molecule has 0 fully saturated rings. The summed E-state index contributed by atoms with van der Waals surface area (Å²) in [5, 5.41) is 0.974. The van der Waals surface area contributed by atoms with Crippen LogP contribution < -0.4 is 5.19 Å². The van der Waals surface area contributed by atoms with Crippen LogP contribution in [0.5, 0.6) is 0 Å². The summed E-state index contributed by atoms with van der Waals surface area (Å²) < 4.78 is 34.0. The maximum Gasteiger partial charge on any atom is 0.537 e. The molecule has 1 aromatic carbocycles. The van der Waals surface area contributed by atoms with Crippen molar-refractivity contribution in [2.75, 3.05) is 61.0 Å². The fraction of sp³-hybridized carbons (Fsp3) is 0.667. The molecule has 7 heteroatoms. The number of methoxy groups -OCH3 is 3. The van der Waals surface area contributed by atoms with Crippen molar-refractivity contribution in [3.8, 4) is 0 Å². The Morgan fingerprint density at radius 2 is 1.00 bits per heavy atom. The van der Waals surface area contributed by atoms with E-state index in [0.717, 1.165) is 24.4 Å². The van der Waals surface area contributed by atoms with Gasteiger partial charge in [0.25, 0.3) is 0 Å². The Hall–Kier alpha value is -0.803. The quantitative estimate of drug-likeness (QED) is 0.327. The first kappa shape index (κ1) is 22.2. The highest BCUT2D eigenvalue weighted by Crippen LogP contribution is 2.13. The van der Waals surface area contributed by atoms with E-state index in [1.807, 2.05) is 30.3 Å². The monoisotopic (exact) mass is 372 g/mol. The standard InChI is InChI=1S/C18H32O6Si/c1-19-12-7-15-22-25(23-16-8-13-20-2,24-17-9-14-21-3)18-10-5-4-6-11-18/h4-6,10-11H,7-9,12-17H2,1-3H3. The van der Waals surface area contributed by atoms with Crippen LogP contribution in [-0.4, -0.2) is 69.8 Å². The second-order valence-electron chi connectivity index (χ2n) is 5.51. The highest BCUT2D eigenvalue weighted by atomic mass is 28.4. The predicted octanol–water partition coefficient (Wildman–Crippen LogP) is 1.99. The molecule has 0 aliphatic heterocycles. The van der Waals surface area contributed by atoms with Gasteiger partial charge in [-0.1, -0.05) is 30.3 Å². The van der Waals surface area contributed by atoms with Crippen LogP contribution in [0.15, 0.2) is 30.3 Å². The van der Waals surface area contributed by atoms with E-state index < -0.39 is 8.80 Å². The summed E-state index contributed by atoms with van der Waals surface area (Å²) in [5.41, 5.74) is 0. The van der Waals surface area contributed by atoms with Crippen molar-refractivity contribution in [3.63, 3.8) is 0 Å². The SMILES string of the molecule is COCCCO[Si](OCCCOC)(OCCCOC)c1ccccc1. The van der Waals surface area contributed by atoms with E-state index in [1.165, 1.54) is 0 Å². The van der Waals surface area contributed by atoms with Crippen molar-refractivity contribution in [3.05, 3.63) is 30.3 Å². The van der Waals surface area contributed by atoms with Crippen LogP contribution in [0.4, 0.5) is 0 Å². The van der Waals surface area contributed by atoms with Gasteiger partial charge in [0.1, 0.15) is 0 Å². The molecule has 0 saturated heterocycles. The molecule has 0 amide bonds. The lowest BCUT2D eigenvalue weighted by Gasteiger charge is -2.30. The molecule has 6 nitrogen and oxygen atoms in total. The lowest BCUT2D eigenvalue weighted by Crippen LogP contribution is -2.57. The molecule has 0 aromatic heterocycles. The van der Waals surface area contributed by atoms with Crippen molar-refractivity contribution in [2.45, 2.75) is 19.3 Å². The molecule has 1 aromatic rings. The van der Waals surface area contributed by atoms with E-state index in [0.29, 0.717) is 39.6 Å². The molecule has 0 aliphatic rings. The molecule has 0 atom stereocenters. The minimum absolute atomic E-state index is 0.531. The summed E-state index contributed by atoms with van der Waals surface area (Å²) >= 11 is 0. The third kappa shape index (κ3) is 8.91. The summed E-state index contributed by atoms with van der Waals surface area (Å²) in [6.07, 6.45) is 2.38. The predicted molar refractivity (Wildman–Crippen MR) is 99.2 cm³/mol. The van der Waals surface area contributed by atoms with E-state index in [2.05, 4.69) is 0 Å². The lowest BCUT2D eigenvalue weighted by atomic mass is 10.4. The molecule has 0 spiro atoms. The van der Waals surface area contributed by atoms with Crippen molar-refractivity contribution in [2.24, 2.45) is 0 Å². The first-order valence-corrected chi connectivity index (χ1v) is 10.5. The van der Waals surface area contributed by atoms with Crippen LogP contribution in [0.1, 0.15) is 19.3 Å². The molecule has 0 N–H and O–H groups in total. The van der Waals surface area contributed by atoms with Gasteiger partial charge in [-0.2, -0.15) is 0 Å². The number of ether oxygens (including phenoxy) is 3. The zero-order chi connectivity index (χ0) is 18.2. The van der Waals surface area contributed by atoms with Gasteiger partial charge in [0.15, 0.2) is 0 Å². The van der Waals surface area contributed by atoms with Crippen LogP contribution in [0.25, 0.3) is 0 Å². The number of hydrogen-bond acceptors (Lipinski definition) is 6. The van der Waals surface area contributed by atoms with E-state index in [-0.39, 0.29) is 0 Å². The second kappa shape index (κ2) is 14.4. The zero-order valence-electron chi connectivity index (χ0n) is 15.7. The normalized spacial score (nSPS) is 11.8. The highest BCUT2D eigenvalue weighted by Gasteiger charge is 2.43. The van der Waals surface area contributed by atoms with Gasteiger partial charge in [-0.3, -0.25) is 0 Å². The molecular formula is C18H32O6Si. The number of hydrogen-bond donors (Lipinski definition) is 0. The molecule has 0 bridgehead atoms. The molecule has 0 heterocycles. The van der Waals surface area contributed by atoms with Crippen LogP contribution in [0.2, 0.25) is 0 Å². The van der Waals surface area contributed by atoms with Crippen molar-refractivity contribution < 1.29 is 27.5 Å². The molecule has 0 saturated carbocycles. The van der Waals surface area contributed by atoms with E-state index >= 15 is 0 Å². The van der Waals surface area contributed by atoms with Crippen LogP contribution >= 0.6 is 0 Å². The Labute approximate surface area is 152 Å². The lowest BCUT2D eigenvalue weighted by molar-refractivity contribution is 0.0529. The maximum absolute atomic E-state index is 6.21. The van der Waals surface area contributed by atoms with E-state index in [1.54, 1.807) is 21.3 Å². The van der Waals surface area contributed by atoms with Crippen LogP contribution in [0, 0.1) is 0 Å². The molecule has 0 unspecified atom stereocenters. The molecule has 0 radical (unpaired) electrons. The summed E-state index contributed by atoms with van der Waals surface area (Å²) in [5.74, 6) is 0.